The van der Waals surface area contributed by atoms with Crippen molar-refractivity contribution < 1.29 is 13.2 Å². The topological polar surface area (TPSA) is 71.4 Å². The molecule has 1 amide bonds. The van der Waals surface area contributed by atoms with E-state index in [-0.39, 0.29) is 10.8 Å². The standard InChI is InChI=1S/C22H23N3O3S/c1-24-16-18(29(27,28)25-13-7-8-14-25)15-21(24)22(26)23-20-12-6-5-11-19(20)17-9-3-2-4-10-17/h2-6,9-12,15-16H,7-8,13-14H2,1H3,(H,23,26). The quantitative estimate of drug-likeness (QED) is 0.698. The molecule has 0 bridgehead atoms. The van der Waals surface area contributed by atoms with Gasteiger partial charge in [-0.25, -0.2) is 8.42 Å². The molecule has 1 aliphatic heterocycles. The number of nitrogens with zero attached hydrogens (tertiary/aromatic N) is 2. The first kappa shape index (κ1) is 19.4. The van der Waals surface area contributed by atoms with Gasteiger partial charge in [-0.3, -0.25) is 4.79 Å². The Morgan fingerprint density at radius 3 is 2.34 bits per heavy atom. The van der Waals surface area contributed by atoms with Crippen LogP contribution in [0.3, 0.4) is 0 Å². The van der Waals surface area contributed by atoms with E-state index < -0.39 is 10.0 Å². The molecule has 0 atom stereocenters. The fourth-order valence-electron chi connectivity index (χ4n) is 3.63. The molecule has 2 aromatic carbocycles. The molecular weight excluding hydrogens is 386 g/mol. The number of nitrogens with one attached hydrogen (secondary N) is 1. The summed E-state index contributed by atoms with van der Waals surface area (Å²) in [6.07, 6.45) is 3.25. The minimum absolute atomic E-state index is 0.156. The van der Waals surface area contributed by atoms with Crippen molar-refractivity contribution in [2.75, 3.05) is 18.4 Å². The predicted octanol–water partition coefficient (Wildman–Crippen LogP) is 3.73. The number of sulfonamides is 1. The molecule has 1 aliphatic rings. The largest absolute Gasteiger partial charge is 0.345 e. The van der Waals surface area contributed by atoms with Crippen molar-refractivity contribution in [1.29, 1.82) is 0 Å². The van der Waals surface area contributed by atoms with E-state index in [4.69, 9.17) is 0 Å². The Balaban J connectivity index is 1.62. The minimum Gasteiger partial charge on any atom is -0.345 e. The Morgan fingerprint density at radius 2 is 1.62 bits per heavy atom. The summed E-state index contributed by atoms with van der Waals surface area (Å²) in [4.78, 5) is 13.1. The van der Waals surface area contributed by atoms with Crippen molar-refractivity contribution in [1.82, 2.24) is 8.87 Å². The van der Waals surface area contributed by atoms with Gasteiger partial charge in [0.2, 0.25) is 10.0 Å². The zero-order valence-electron chi connectivity index (χ0n) is 16.2. The van der Waals surface area contributed by atoms with Crippen LogP contribution in [-0.4, -0.2) is 36.3 Å². The Bertz CT molecular complexity index is 1130. The van der Waals surface area contributed by atoms with Gasteiger partial charge in [0.05, 0.1) is 0 Å². The fourth-order valence-corrected chi connectivity index (χ4v) is 5.22. The molecule has 4 rings (SSSR count). The third-order valence-electron chi connectivity index (χ3n) is 5.18. The van der Waals surface area contributed by atoms with Crippen molar-refractivity contribution >= 4 is 21.6 Å². The number of aromatic nitrogens is 1. The molecule has 0 spiro atoms. The molecule has 0 radical (unpaired) electrons. The number of hydrogen-bond acceptors (Lipinski definition) is 3. The van der Waals surface area contributed by atoms with Gasteiger partial charge in [0, 0.05) is 37.6 Å². The van der Waals surface area contributed by atoms with E-state index in [1.54, 1.807) is 11.6 Å². The number of benzene rings is 2. The predicted molar refractivity (Wildman–Crippen MR) is 113 cm³/mol. The number of anilines is 1. The van der Waals surface area contributed by atoms with Crippen LogP contribution in [0.15, 0.2) is 71.8 Å². The van der Waals surface area contributed by atoms with Crippen molar-refractivity contribution in [3.05, 3.63) is 72.6 Å². The highest BCUT2D eigenvalue weighted by Gasteiger charge is 2.29. The summed E-state index contributed by atoms with van der Waals surface area (Å²) >= 11 is 0. The first-order valence-corrected chi connectivity index (χ1v) is 11.0. The zero-order chi connectivity index (χ0) is 20.4. The van der Waals surface area contributed by atoms with E-state index in [2.05, 4.69) is 5.32 Å². The van der Waals surface area contributed by atoms with Gasteiger partial charge in [-0.1, -0.05) is 48.5 Å². The van der Waals surface area contributed by atoms with Crippen LogP contribution in [0, 0.1) is 0 Å². The molecule has 1 N–H and O–H groups in total. The molecule has 2 heterocycles. The number of carbonyl (C=O) groups excluding carboxylic acids is 1. The van der Waals surface area contributed by atoms with Crippen LogP contribution in [-0.2, 0) is 17.1 Å². The van der Waals surface area contributed by atoms with Gasteiger partial charge in [-0.15, -0.1) is 0 Å². The second kappa shape index (κ2) is 7.85. The van der Waals surface area contributed by atoms with Crippen LogP contribution >= 0.6 is 0 Å². The van der Waals surface area contributed by atoms with Gasteiger partial charge in [0.15, 0.2) is 0 Å². The highest BCUT2D eigenvalue weighted by molar-refractivity contribution is 7.89. The number of rotatable bonds is 5. The molecule has 1 saturated heterocycles. The third-order valence-corrected chi connectivity index (χ3v) is 7.04. The highest BCUT2D eigenvalue weighted by atomic mass is 32.2. The fraction of sp³-hybridized carbons (Fsp3) is 0.227. The molecule has 7 heteroatoms. The summed E-state index contributed by atoms with van der Waals surface area (Å²) in [5.41, 5.74) is 2.87. The van der Waals surface area contributed by atoms with Gasteiger partial charge < -0.3 is 9.88 Å². The molecule has 150 valence electrons. The molecular formula is C22H23N3O3S. The van der Waals surface area contributed by atoms with Gasteiger partial charge in [-0.05, 0) is 30.5 Å². The van der Waals surface area contributed by atoms with Crippen molar-refractivity contribution in [2.24, 2.45) is 7.05 Å². The van der Waals surface area contributed by atoms with E-state index in [1.807, 2.05) is 54.6 Å². The van der Waals surface area contributed by atoms with Crippen LogP contribution in [0.25, 0.3) is 11.1 Å². The average Bonchev–Trinajstić information content (AvgIpc) is 3.40. The van der Waals surface area contributed by atoms with Crippen LogP contribution in [0.2, 0.25) is 0 Å². The Kier molecular flexibility index (Phi) is 5.25. The molecule has 3 aromatic rings. The van der Waals surface area contributed by atoms with Gasteiger partial charge in [0.25, 0.3) is 5.91 Å². The number of carbonyl (C=O) groups is 1. The summed E-state index contributed by atoms with van der Waals surface area (Å²) in [5.74, 6) is -0.348. The second-order valence-corrected chi connectivity index (χ2v) is 9.09. The lowest BCUT2D eigenvalue weighted by Gasteiger charge is -2.13. The maximum atomic E-state index is 12.9. The van der Waals surface area contributed by atoms with Crippen LogP contribution < -0.4 is 5.32 Å². The summed E-state index contributed by atoms with van der Waals surface area (Å²) in [7, 11) is -1.88. The zero-order valence-corrected chi connectivity index (χ0v) is 17.0. The maximum Gasteiger partial charge on any atom is 0.272 e. The van der Waals surface area contributed by atoms with Crippen molar-refractivity contribution in [3.63, 3.8) is 0 Å². The molecule has 0 aliphatic carbocycles. The van der Waals surface area contributed by atoms with Gasteiger partial charge >= 0.3 is 0 Å². The molecule has 1 fully saturated rings. The molecule has 6 nitrogen and oxygen atoms in total. The molecule has 29 heavy (non-hydrogen) atoms. The Labute approximate surface area is 170 Å². The SMILES string of the molecule is Cn1cc(S(=O)(=O)N2CCCC2)cc1C(=O)Nc1ccccc1-c1ccccc1. The number of hydrogen-bond donors (Lipinski definition) is 1. The molecule has 0 unspecified atom stereocenters. The van der Waals surface area contributed by atoms with Gasteiger partial charge in [-0.2, -0.15) is 4.31 Å². The lowest BCUT2D eigenvalue weighted by molar-refractivity contribution is 0.101. The normalized spacial score (nSPS) is 14.8. The smallest absolute Gasteiger partial charge is 0.272 e. The van der Waals surface area contributed by atoms with Crippen LogP contribution in [0.1, 0.15) is 23.3 Å². The minimum atomic E-state index is -3.57. The average molecular weight is 410 g/mol. The summed E-state index contributed by atoms with van der Waals surface area (Å²) in [5, 5.41) is 2.93. The lowest BCUT2D eigenvalue weighted by atomic mass is 10.0. The Hall–Kier alpha value is -2.90. The lowest BCUT2D eigenvalue weighted by Crippen LogP contribution is -2.27. The van der Waals surface area contributed by atoms with E-state index in [0.29, 0.717) is 24.5 Å². The van der Waals surface area contributed by atoms with Crippen LogP contribution in [0.5, 0.6) is 0 Å². The summed E-state index contributed by atoms with van der Waals surface area (Å²) < 4.78 is 28.6. The molecule has 1 aromatic heterocycles. The summed E-state index contributed by atoms with van der Waals surface area (Å²) in [6.45, 7) is 1.06. The monoisotopic (exact) mass is 409 g/mol. The van der Waals surface area contributed by atoms with E-state index in [0.717, 1.165) is 24.0 Å². The van der Waals surface area contributed by atoms with Gasteiger partial charge in [0.1, 0.15) is 10.6 Å². The Morgan fingerprint density at radius 1 is 0.966 bits per heavy atom. The number of aryl methyl sites for hydroxylation is 1. The number of amides is 1. The first-order valence-electron chi connectivity index (χ1n) is 9.59. The van der Waals surface area contributed by atoms with Crippen LogP contribution in [0.4, 0.5) is 5.69 Å². The van der Waals surface area contributed by atoms with E-state index in [9.17, 15) is 13.2 Å². The third kappa shape index (κ3) is 3.83. The van der Waals surface area contributed by atoms with E-state index in [1.165, 1.54) is 16.6 Å². The maximum absolute atomic E-state index is 12.9. The summed E-state index contributed by atoms with van der Waals surface area (Å²) in [6, 6.07) is 18.8. The first-order chi connectivity index (χ1) is 14.0. The molecule has 0 saturated carbocycles. The highest BCUT2D eigenvalue weighted by Crippen LogP contribution is 2.28. The second-order valence-electron chi connectivity index (χ2n) is 7.15. The van der Waals surface area contributed by atoms with Crippen molar-refractivity contribution in [3.8, 4) is 11.1 Å². The van der Waals surface area contributed by atoms with E-state index >= 15 is 0 Å². The van der Waals surface area contributed by atoms with Crippen molar-refractivity contribution in [2.45, 2.75) is 17.7 Å². The number of para-hydroxylation sites is 1.